The molecule has 166 valence electrons. The Morgan fingerprint density at radius 1 is 1.09 bits per heavy atom. The van der Waals surface area contributed by atoms with Crippen LogP contribution in [0.2, 0.25) is 0 Å². The average Bonchev–Trinajstić information content (AvgIpc) is 3.57. The van der Waals surface area contributed by atoms with Gasteiger partial charge in [0, 0.05) is 34.6 Å². The summed E-state index contributed by atoms with van der Waals surface area (Å²) in [5.74, 6) is 0.356. The SMILES string of the molecule is COc1c(NC(=O)c2ccc(NC3CC3)cc2)cc(-c2ccc[nH]c2=O)cc1C(C)(C)C. The molecule has 0 bridgehead atoms. The number of hydrogen-bond acceptors (Lipinski definition) is 4. The van der Waals surface area contributed by atoms with Gasteiger partial charge in [-0.3, -0.25) is 9.59 Å². The molecule has 0 unspecified atom stereocenters. The van der Waals surface area contributed by atoms with Crippen molar-refractivity contribution in [1.29, 1.82) is 0 Å². The maximum atomic E-state index is 13.0. The molecule has 0 spiro atoms. The Balaban J connectivity index is 1.71. The fourth-order valence-electron chi connectivity index (χ4n) is 3.68. The first-order valence-corrected chi connectivity index (χ1v) is 10.8. The minimum absolute atomic E-state index is 0.187. The molecular formula is C26H29N3O3. The Bertz CT molecular complexity index is 1190. The van der Waals surface area contributed by atoms with Crippen LogP contribution >= 0.6 is 0 Å². The van der Waals surface area contributed by atoms with Crippen LogP contribution in [0.5, 0.6) is 5.75 Å². The van der Waals surface area contributed by atoms with Gasteiger partial charge in [-0.05, 0) is 72.4 Å². The summed E-state index contributed by atoms with van der Waals surface area (Å²) in [7, 11) is 1.59. The first-order valence-electron chi connectivity index (χ1n) is 10.8. The molecule has 0 atom stereocenters. The number of methoxy groups -OCH3 is 1. The van der Waals surface area contributed by atoms with E-state index in [4.69, 9.17) is 4.74 Å². The molecule has 1 aliphatic rings. The van der Waals surface area contributed by atoms with Crippen LogP contribution in [0, 0.1) is 0 Å². The highest BCUT2D eigenvalue weighted by Gasteiger charge is 2.25. The molecule has 0 saturated heterocycles. The van der Waals surface area contributed by atoms with Gasteiger partial charge in [-0.1, -0.05) is 20.8 Å². The molecule has 32 heavy (non-hydrogen) atoms. The second-order valence-electron chi connectivity index (χ2n) is 9.22. The summed E-state index contributed by atoms with van der Waals surface area (Å²) in [5, 5.41) is 6.42. The summed E-state index contributed by atoms with van der Waals surface area (Å²) in [5.41, 5.74) is 3.80. The third-order valence-corrected chi connectivity index (χ3v) is 5.57. The zero-order chi connectivity index (χ0) is 22.9. The number of pyridine rings is 1. The highest BCUT2D eigenvalue weighted by molar-refractivity contribution is 6.05. The van der Waals surface area contributed by atoms with Crippen molar-refractivity contribution in [3.05, 3.63) is 76.2 Å². The predicted molar refractivity (Wildman–Crippen MR) is 129 cm³/mol. The topological polar surface area (TPSA) is 83.2 Å². The lowest BCUT2D eigenvalue weighted by atomic mass is 9.84. The first-order chi connectivity index (χ1) is 15.3. The Labute approximate surface area is 188 Å². The van der Waals surface area contributed by atoms with Crippen molar-refractivity contribution in [2.45, 2.75) is 45.1 Å². The number of ether oxygens (including phenoxy) is 1. The van der Waals surface area contributed by atoms with Crippen molar-refractivity contribution < 1.29 is 9.53 Å². The molecule has 3 aromatic rings. The number of nitrogens with one attached hydrogen (secondary N) is 3. The molecule has 1 aliphatic carbocycles. The maximum absolute atomic E-state index is 13.0. The van der Waals surface area contributed by atoms with Crippen LogP contribution in [0.15, 0.2) is 59.5 Å². The Hall–Kier alpha value is -3.54. The molecule has 1 amide bonds. The van der Waals surface area contributed by atoms with Crippen molar-refractivity contribution in [3.8, 4) is 16.9 Å². The average molecular weight is 432 g/mol. The highest BCUT2D eigenvalue weighted by Crippen LogP contribution is 2.40. The number of carbonyl (C=O) groups excluding carboxylic acids is 1. The largest absolute Gasteiger partial charge is 0.494 e. The van der Waals surface area contributed by atoms with E-state index in [1.807, 2.05) is 30.3 Å². The second kappa shape index (κ2) is 8.54. The van der Waals surface area contributed by atoms with Crippen molar-refractivity contribution >= 4 is 17.3 Å². The number of H-pyrrole nitrogens is 1. The number of carbonyl (C=O) groups is 1. The van der Waals surface area contributed by atoms with E-state index in [1.165, 1.54) is 12.8 Å². The smallest absolute Gasteiger partial charge is 0.255 e. The number of aromatic nitrogens is 1. The highest BCUT2D eigenvalue weighted by atomic mass is 16.5. The number of aromatic amines is 1. The fourth-order valence-corrected chi connectivity index (χ4v) is 3.68. The van der Waals surface area contributed by atoms with E-state index >= 15 is 0 Å². The molecule has 2 aromatic carbocycles. The molecule has 6 nitrogen and oxygen atoms in total. The van der Waals surface area contributed by atoms with Gasteiger partial charge in [0.15, 0.2) is 0 Å². The predicted octanol–water partition coefficient (Wildman–Crippen LogP) is 5.17. The van der Waals surface area contributed by atoms with Gasteiger partial charge in [0.05, 0.1) is 12.8 Å². The lowest BCUT2D eigenvalue weighted by Gasteiger charge is -2.25. The minimum atomic E-state index is -0.265. The summed E-state index contributed by atoms with van der Waals surface area (Å²) in [6, 6.07) is 15.3. The van der Waals surface area contributed by atoms with E-state index in [0.29, 0.717) is 28.6 Å². The maximum Gasteiger partial charge on any atom is 0.255 e. The standard InChI is InChI=1S/C26H29N3O3/c1-26(2,3)21-14-17(20-6-5-13-27-25(20)31)15-22(23(21)32-4)29-24(30)16-7-9-18(10-8-16)28-19-11-12-19/h5-10,13-15,19,28H,11-12H2,1-4H3,(H,27,31)(H,29,30). The van der Waals surface area contributed by atoms with Gasteiger partial charge in [-0.25, -0.2) is 0 Å². The van der Waals surface area contributed by atoms with Crippen LogP contribution in [0.4, 0.5) is 11.4 Å². The Morgan fingerprint density at radius 2 is 1.81 bits per heavy atom. The number of hydrogen-bond donors (Lipinski definition) is 3. The van der Waals surface area contributed by atoms with Crippen molar-refractivity contribution in [1.82, 2.24) is 4.98 Å². The minimum Gasteiger partial charge on any atom is -0.494 e. The van der Waals surface area contributed by atoms with Crippen molar-refractivity contribution in [2.75, 3.05) is 17.7 Å². The summed E-state index contributed by atoms with van der Waals surface area (Å²) in [6.07, 6.45) is 3.99. The molecular weight excluding hydrogens is 402 g/mol. The van der Waals surface area contributed by atoms with Gasteiger partial charge in [0.25, 0.3) is 11.5 Å². The zero-order valence-corrected chi connectivity index (χ0v) is 18.9. The van der Waals surface area contributed by atoms with E-state index in [1.54, 1.807) is 31.5 Å². The molecule has 3 N–H and O–H groups in total. The van der Waals surface area contributed by atoms with Gasteiger partial charge in [-0.15, -0.1) is 0 Å². The first kappa shape index (κ1) is 21.7. The van der Waals surface area contributed by atoms with E-state index in [9.17, 15) is 9.59 Å². The summed E-state index contributed by atoms with van der Waals surface area (Å²) in [4.78, 5) is 28.2. The number of benzene rings is 2. The fraction of sp³-hybridized carbons (Fsp3) is 0.308. The molecule has 6 heteroatoms. The van der Waals surface area contributed by atoms with Crippen molar-refractivity contribution in [2.24, 2.45) is 0 Å². The third-order valence-electron chi connectivity index (χ3n) is 5.57. The second-order valence-corrected chi connectivity index (χ2v) is 9.22. The number of anilines is 2. The lowest BCUT2D eigenvalue weighted by molar-refractivity contribution is 0.102. The third kappa shape index (κ3) is 4.69. The van der Waals surface area contributed by atoms with E-state index in [0.717, 1.165) is 16.8 Å². The van der Waals surface area contributed by atoms with Crippen LogP contribution in [-0.4, -0.2) is 24.0 Å². The molecule has 1 heterocycles. The normalized spacial score (nSPS) is 13.5. The Kier molecular flexibility index (Phi) is 5.78. The van der Waals surface area contributed by atoms with E-state index in [2.05, 4.69) is 36.4 Å². The van der Waals surface area contributed by atoms with Crippen molar-refractivity contribution in [3.63, 3.8) is 0 Å². The Morgan fingerprint density at radius 3 is 2.41 bits per heavy atom. The lowest BCUT2D eigenvalue weighted by Crippen LogP contribution is -2.18. The zero-order valence-electron chi connectivity index (χ0n) is 18.9. The molecule has 4 rings (SSSR count). The van der Waals surface area contributed by atoms with Crippen LogP contribution < -0.4 is 20.9 Å². The summed E-state index contributed by atoms with van der Waals surface area (Å²) < 4.78 is 5.72. The van der Waals surface area contributed by atoms with Crippen LogP contribution in [-0.2, 0) is 5.41 Å². The quantitative estimate of drug-likeness (QED) is 0.502. The van der Waals surface area contributed by atoms with Crippen LogP contribution in [0.3, 0.4) is 0 Å². The molecule has 1 fully saturated rings. The van der Waals surface area contributed by atoms with Gasteiger partial charge in [0.1, 0.15) is 5.75 Å². The van der Waals surface area contributed by atoms with Gasteiger partial charge in [-0.2, -0.15) is 0 Å². The summed E-state index contributed by atoms with van der Waals surface area (Å²) in [6.45, 7) is 6.21. The van der Waals surface area contributed by atoms with E-state index < -0.39 is 0 Å². The molecule has 0 radical (unpaired) electrons. The number of amides is 1. The van der Waals surface area contributed by atoms with Crippen LogP contribution in [0.25, 0.3) is 11.1 Å². The number of rotatable bonds is 6. The van der Waals surface area contributed by atoms with Gasteiger partial charge >= 0.3 is 0 Å². The molecule has 1 aromatic heterocycles. The molecule has 0 aliphatic heterocycles. The monoisotopic (exact) mass is 431 g/mol. The summed E-state index contributed by atoms with van der Waals surface area (Å²) >= 11 is 0. The van der Waals surface area contributed by atoms with E-state index in [-0.39, 0.29) is 16.9 Å². The van der Waals surface area contributed by atoms with Crippen LogP contribution in [0.1, 0.15) is 49.5 Å². The molecule has 1 saturated carbocycles. The van der Waals surface area contributed by atoms with Gasteiger partial charge in [0.2, 0.25) is 0 Å². The van der Waals surface area contributed by atoms with Gasteiger partial charge < -0.3 is 20.4 Å².